The molecule has 1 aromatic rings. The molecule has 4 atom stereocenters. The maximum atomic E-state index is 13.1. The number of carbonyl (C=O) groups excluding carboxylic acids is 3. The lowest BCUT2D eigenvalue weighted by Crippen LogP contribution is -2.58. The summed E-state index contributed by atoms with van der Waals surface area (Å²) in [5.41, 5.74) is 11.8. The smallest absolute Gasteiger partial charge is 0.326 e. The number of imidazole rings is 1. The Bertz CT molecular complexity index is 876. The van der Waals surface area contributed by atoms with Crippen LogP contribution in [0.3, 0.4) is 0 Å². The summed E-state index contributed by atoms with van der Waals surface area (Å²) in [6.07, 6.45) is 3.69. The molecule has 10 N–H and O–H groups in total. The number of carboxylic acids is 2. The average Bonchev–Trinajstić information content (AvgIpc) is 3.32. The molecule has 0 aliphatic rings. The molecule has 0 fully saturated rings. The lowest BCUT2D eigenvalue weighted by molar-refractivity contribution is -0.143. The molecule has 14 heteroatoms. The van der Waals surface area contributed by atoms with Crippen molar-refractivity contribution in [3.8, 4) is 0 Å². The van der Waals surface area contributed by atoms with Gasteiger partial charge in [-0.25, -0.2) is 9.78 Å². The van der Waals surface area contributed by atoms with Crippen molar-refractivity contribution < 1.29 is 34.2 Å². The normalized spacial score (nSPS) is 14.4. The number of nitrogens with zero attached hydrogens (tertiary/aromatic N) is 1. The summed E-state index contributed by atoms with van der Waals surface area (Å²) >= 11 is 0. The van der Waals surface area contributed by atoms with Crippen LogP contribution in [0.5, 0.6) is 0 Å². The molecule has 36 heavy (non-hydrogen) atoms. The monoisotopic (exact) mass is 511 g/mol. The van der Waals surface area contributed by atoms with Gasteiger partial charge in [-0.2, -0.15) is 0 Å². The molecule has 0 bridgehead atoms. The summed E-state index contributed by atoms with van der Waals surface area (Å²) in [6, 6.07) is -4.56. The number of amides is 3. The van der Waals surface area contributed by atoms with Crippen LogP contribution < -0.4 is 27.4 Å². The minimum Gasteiger partial charge on any atom is -0.481 e. The van der Waals surface area contributed by atoms with E-state index in [1.54, 1.807) is 13.8 Å². The second-order valence-electron chi connectivity index (χ2n) is 8.80. The Morgan fingerprint density at radius 2 is 1.61 bits per heavy atom. The minimum absolute atomic E-state index is 0.0103. The third-order valence-corrected chi connectivity index (χ3v) is 5.43. The number of nitrogens with two attached hydrogens (primary N) is 2. The van der Waals surface area contributed by atoms with Gasteiger partial charge in [0, 0.05) is 24.7 Å². The number of H-pyrrole nitrogens is 1. The predicted molar refractivity (Wildman–Crippen MR) is 128 cm³/mol. The van der Waals surface area contributed by atoms with Gasteiger partial charge in [0.05, 0.1) is 12.4 Å². The molecular formula is C22H37N7O7. The molecule has 14 nitrogen and oxygen atoms in total. The molecule has 0 aromatic carbocycles. The van der Waals surface area contributed by atoms with E-state index in [1.807, 2.05) is 0 Å². The molecular weight excluding hydrogens is 474 g/mol. The zero-order valence-electron chi connectivity index (χ0n) is 20.5. The van der Waals surface area contributed by atoms with E-state index in [0.29, 0.717) is 25.1 Å². The molecule has 1 heterocycles. The Labute approximate surface area is 209 Å². The Hall–Kier alpha value is -3.52. The zero-order valence-corrected chi connectivity index (χ0v) is 20.5. The first-order valence-electron chi connectivity index (χ1n) is 11.7. The molecule has 202 valence electrons. The Morgan fingerprint density at radius 1 is 0.972 bits per heavy atom. The number of aromatic amines is 1. The van der Waals surface area contributed by atoms with E-state index >= 15 is 0 Å². The molecule has 0 radical (unpaired) electrons. The number of unbranched alkanes of at least 4 members (excludes halogenated alkanes) is 1. The topological polar surface area (TPSA) is 243 Å². The van der Waals surface area contributed by atoms with Crippen LogP contribution >= 0.6 is 0 Å². The average molecular weight is 512 g/mol. The van der Waals surface area contributed by atoms with E-state index in [1.165, 1.54) is 12.5 Å². The number of aromatic nitrogens is 2. The van der Waals surface area contributed by atoms with Crippen molar-refractivity contribution in [2.24, 2.45) is 17.4 Å². The Morgan fingerprint density at radius 3 is 2.14 bits per heavy atom. The molecule has 0 spiro atoms. The van der Waals surface area contributed by atoms with Gasteiger partial charge in [-0.1, -0.05) is 13.8 Å². The summed E-state index contributed by atoms with van der Waals surface area (Å²) in [5.74, 6) is -4.84. The van der Waals surface area contributed by atoms with Crippen molar-refractivity contribution in [2.75, 3.05) is 6.54 Å². The van der Waals surface area contributed by atoms with Crippen LogP contribution in [0, 0.1) is 5.92 Å². The Kier molecular flexibility index (Phi) is 13.1. The van der Waals surface area contributed by atoms with Gasteiger partial charge in [0.1, 0.15) is 18.1 Å². The maximum Gasteiger partial charge on any atom is 0.326 e. The summed E-state index contributed by atoms with van der Waals surface area (Å²) < 4.78 is 0. The van der Waals surface area contributed by atoms with Crippen molar-refractivity contribution in [2.45, 2.75) is 76.5 Å². The van der Waals surface area contributed by atoms with Crippen LogP contribution in [-0.2, 0) is 30.4 Å². The number of aliphatic carboxylic acids is 2. The number of carbonyl (C=O) groups is 5. The fraction of sp³-hybridized carbons (Fsp3) is 0.636. The first-order chi connectivity index (χ1) is 17.0. The predicted octanol–water partition coefficient (Wildman–Crippen LogP) is -1.53. The van der Waals surface area contributed by atoms with E-state index in [-0.39, 0.29) is 25.7 Å². The molecule has 0 saturated heterocycles. The molecule has 1 aromatic heterocycles. The number of rotatable bonds is 17. The second-order valence-corrected chi connectivity index (χ2v) is 8.80. The van der Waals surface area contributed by atoms with Gasteiger partial charge in [0.15, 0.2) is 0 Å². The highest BCUT2D eigenvalue weighted by Crippen LogP contribution is 2.07. The van der Waals surface area contributed by atoms with E-state index in [0.717, 1.165) is 0 Å². The fourth-order valence-electron chi connectivity index (χ4n) is 3.32. The standard InChI is InChI=1S/C22H37N7O7/c1-12(2)18(22(35)36)29-21(34)16(9-13-10-25-11-26-13)28-20(33)15(5-3-4-8-23)27-19(32)14(24)6-7-17(30)31/h10-12,14-16,18H,3-9,23-24H2,1-2H3,(H,25,26)(H,27,32)(H,28,33)(H,29,34)(H,30,31)(H,35,36). The van der Waals surface area contributed by atoms with Crippen LogP contribution in [-0.4, -0.2) is 80.6 Å². The van der Waals surface area contributed by atoms with Crippen molar-refractivity contribution in [3.63, 3.8) is 0 Å². The van der Waals surface area contributed by atoms with Gasteiger partial charge < -0.3 is 42.6 Å². The van der Waals surface area contributed by atoms with Crippen molar-refractivity contribution in [1.82, 2.24) is 25.9 Å². The third kappa shape index (κ3) is 10.8. The van der Waals surface area contributed by atoms with Gasteiger partial charge in [-0.05, 0) is 38.1 Å². The quantitative estimate of drug-likeness (QED) is 0.112. The maximum absolute atomic E-state index is 13.1. The molecule has 0 aliphatic carbocycles. The first kappa shape index (κ1) is 30.5. The SMILES string of the molecule is CC(C)C(NC(=O)C(Cc1cnc[nH]1)NC(=O)C(CCCCN)NC(=O)C(N)CCC(=O)O)C(=O)O. The molecule has 3 amide bonds. The van der Waals surface area contributed by atoms with Crippen molar-refractivity contribution in [1.29, 1.82) is 0 Å². The number of nitrogens with one attached hydrogen (secondary N) is 4. The fourth-order valence-corrected chi connectivity index (χ4v) is 3.32. The first-order valence-corrected chi connectivity index (χ1v) is 11.7. The van der Waals surface area contributed by atoms with E-state index < -0.39 is 59.7 Å². The van der Waals surface area contributed by atoms with Crippen molar-refractivity contribution in [3.05, 3.63) is 18.2 Å². The Balaban J connectivity index is 3.03. The van der Waals surface area contributed by atoms with E-state index in [2.05, 4.69) is 25.9 Å². The number of hydrogen-bond donors (Lipinski definition) is 8. The zero-order chi connectivity index (χ0) is 27.3. The van der Waals surface area contributed by atoms with Gasteiger partial charge in [0.25, 0.3) is 0 Å². The lowest BCUT2D eigenvalue weighted by Gasteiger charge is -2.26. The molecule has 1 rings (SSSR count). The van der Waals surface area contributed by atoms with Gasteiger partial charge in [0.2, 0.25) is 17.7 Å². The van der Waals surface area contributed by atoms with E-state index in [4.69, 9.17) is 16.6 Å². The van der Waals surface area contributed by atoms with Gasteiger partial charge in [-0.15, -0.1) is 0 Å². The van der Waals surface area contributed by atoms with Crippen LogP contribution in [0.15, 0.2) is 12.5 Å². The number of carboxylic acid groups (broad SMARTS) is 2. The van der Waals surface area contributed by atoms with Crippen LogP contribution in [0.2, 0.25) is 0 Å². The highest BCUT2D eigenvalue weighted by atomic mass is 16.4. The number of hydrogen-bond acceptors (Lipinski definition) is 8. The van der Waals surface area contributed by atoms with Gasteiger partial charge >= 0.3 is 11.9 Å². The van der Waals surface area contributed by atoms with Crippen molar-refractivity contribution >= 4 is 29.7 Å². The minimum atomic E-state index is -1.22. The third-order valence-electron chi connectivity index (χ3n) is 5.43. The highest BCUT2D eigenvalue weighted by Gasteiger charge is 2.31. The van der Waals surface area contributed by atoms with Gasteiger partial charge in [-0.3, -0.25) is 19.2 Å². The highest BCUT2D eigenvalue weighted by molar-refractivity contribution is 5.94. The lowest BCUT2D eigenvalue weighted by atomic mass is 10.0. The van der Waals surface area contributed by atoms with Crippen LogP contribution in [0.1, 0.15) is 51.6 Å². The summed E-state index contributed by atoms with van der Waals surface area (Å²) in [7, 11) is 0. The van der Waals surface area contributed by atoms with E-state index in [9.17, 15) is 29.1 Å². The van der Waals surface area contributed by atoms with Crippen LogP contribution in [0.4, 0.5) is 0 Å². The second kappa shape index (κ2) is 15.5. The summed E-state index contributed by atoms with van der Waals surface area (Å²) in [4.78, 5) is 67.6. The largest absolute Gasteiger partial charge is 0.481 e. The summed E-state index contributed by atoms with van der Waals surface area (Å²) in [6.45, 7) is 3.65. The summed E-state index contributed by atoms with van der Waals surface area (Å²) in [5, 5.41) is 25.8. The molecule has 0 saturated carbocycles. The molecule has 0 aliphatic heterocycles. The molecule has 4 unspecified atom stereocenters. The van der Waals surface area contributed by atoms with Crippen LogP contribution in [0.25, 0.3) is 0 Å².